The van der Waals surface area contributed by atoms with E-state index in [1.165, 1.54) is 12.1 Å². The molecule has 0 bridgehead atoms. The molecule has 1 aromatic carbocycles. The van der Waals surface area contributed by atoms with Crippen molar-refractivity contribution in [2.24, 2.45) is 0 Å². The van der Waals surface area contributed by atoms with Gasteiger partial charge >= 0.3 is 0 Å². The van der Waals surface area contributed by atoms with Crippen LogP contribution in [0.4, 0.5) is 4.39 Å². The molecule has 1 aromatic heterocycles. The van der Waals surface area contributed by atoms with Crippen molar-refractivity contribution in [2.75, 3.05) is 0 Å². The summed E-state index contributed by atoms with van der Waals surface area (Å²) in [6.45, 7) is 3.59. The summed E-state index contributed by atoms with van der Waals surface area (Å²) in [5.41, 5.74) is 2.42. The molecule has 4 heteroatoms. The van der Waals surface area contributed by atoms with Gasteiger partial charge in [-0.25, -0.2) is 4.39 Å². The molecule has 0 aliphatic heterocycles. The molecule has 2 nitrogen and oxygen atoms in total. The molecule has 0 N–H and O–H groups in total. The van der Waals surface area contributed by atoms with Gasteiger partial charge in [-0.1, -0.05) is 11.6 Å². The first-order valence-electron chi connectivity index (χ1n) is 5.14. The highest BCUT2D eigenvalue weighted by molar-refractivity contribution is 6.30. The molecule has 0 saturated heterocycles. The van der Waals surface area contributed by atoms with Crippen LogP contribution in [0.2, 0.25) is 5.02 Å². The van der Waals surface area contributed by atoms with Gasteiger partial charge in [0, 0.05) is 22.0 Å². The average Bonchev–Trinajstić information content (AvgIpc) is 2.58. The first-order chi connectivity index (χ1) is 8.04. The van der Waals surface area contributed by atoms with Crippen LogP contribution in [0.1, 0.15) is 21.7 Å². The number of carbonyl (C=O) groups is 1. The lowest BCUT2D eigenvalue weighted by atomic mass is 10.2. The molecule has 0 spiro atoms. The van der Waals surface area contributed by atoms with E-state index in [4.69, 9.17) is 11.6 Å². The summed E-state index contributed by atoms with van der Waals surface area (Å²) < 4.78 is 15.4. The fourth-order valence-electron chi connectivity index (χ4n) is 1.93. The summed E-state index contributed by atoms with van der Waals surface area (Å²) in [5, 5.41) is 0.460. The van der Waals surface area contributed by atoms with E-state index < -0.39 is 0 Å². The van der Waals surface area contributed by atoms with Crippen LogP contribution in [0.5, 0.6) is 0 Å². The summed E-state index contributed by atoms with van der Waals surface area (Å²) in [4.78, 5) is 10.8. The molecule has 0 saturated carbocycles. The van der Waals surface area contributed by atoms with E-state index in [1.807, 2.05) is 6.92 Å². The topological polar surface area (TPSA) is 22.0 Å². The van der Waals surface area contributed by atoms with E-state index in [9.17, 15) is 9.18 Å². The summed E-state index contributed by atoms with van der Waals surface area (Å²) in [6, 6.07) is 6.08. The van der Waals surface area contributed by atoms with Gasteiger partial charge in [0.25, 0.3) is 0 Å². The lowest BCUT2D eigenvalue weighted by molar-refractivity contribution is 0.112. The predicted octanol–water partition coefficient (Wildman–Crippen LogP) is 3.70. The Balaban J connectivity index is 2.72. The monoisotopic (exact) mass is 251 g/mol. The van der Waals surface area contributed by atoms with Gasteiger partial charge in [0.1, 0.15) is 5.82 Å². The number of aryl methyl sites for hydroxylation is 1. The highest BCUT2D eigenvalue weighted by Gasteiger charge is 2.13. The molecule has 2 rings (SSSR count). The van der Waals surface area contributed by atoms with Crippen LogP contribution < -0.4 is 0 Å². The molecule has 0 aliphatic carbocycles. The van der Waals surface area contributed by atoms with E-state index in [2.05, 4.69) is 0 Å². The largest absolute Gasteiger partial charge is 0.315 e. The molecule has 0 aliphatic rings. The van der Waals surface area contributed by atoms with Crippen molar-refractivity contribution in [1.29, 1.82) is 0 Å². The Kier molecular flexibility index (Phi) is 3.03. The van der Waals surface area contributed by atoms with Crippen molar-refractivity contribution in [1.82, 2.24) is 4.57 Å². The summed E-state index contributed by atoms with van der Waals surface area (Å²) >= 11 is 5.86. The number of halogens is 2. The third-order valence-corrected chi connectivity index (χ3v) is 2.98. The van der Waals surface area contributed by atoms with Gasteiger partial charge in [-0.3, -0.25) is 4.79 Å². The van der Waals surface area contributed by atoms with Crippen molar-refractivity contribution < 1.29 is 9.18 Å². The van der Waals surface area contributed by atoms with E-state index in [0.717, 1.165) is 12.0 Å². The molecule has 0 amide bonds. The van der Waals surface area contributed by atoms with Crippen LogP contribution >= 0.6 is 11.6 Å². The second-order valence-electron chi connectivity index (χ2n) is 3.88. The van der Waals surface area contributed by atoms with E-state index in [0.29, 0.717) is 22.0 Å². The van der Waals surface area contributed by atoms with Crippen molar-refractivity contribution in [2.45, 2.75) is 13.8 Å². The number of carbonyl (C=O) groups excluding carboxylic acids is 1. The summed E-state index contributed by atoms with van der Waals surface area (Å²) in [7, 11) is 0. The Bertz CT molecular complexity index is 589. The molecule has 88 valence electrons. The highest BCUT2D eigenvalue weighted by atomic mass is 35.5. The van der Waals surface area contributed by atoms with Gasteiger partial charge in [0.05, 0.1) is 5.69 Å². The fourth-order valence-corrected chi connectivity index (χ4v) is 2.10. The van der Waals surface area contributed by atoms with E-state index in [-0.39, 0.29) is 5.82 Å². The SMILES string of the molecule is Cc1cc(C=O)c(C)n1-c1cc(Cl)ccc1F. The van der Waals surface area contributed by atoms with Gasteiger partial charge < -0.3 is 4.57 Å². The molecule has 17 heavy (non-hydrogen) atoms. The van der Waals surface area contributed by atoms with Gasteiger partial charge in [0.2, 0.25) is 0 Å². The number of hydrogen-bond acceptors (Lipinski definition) is 1. The molecule has 1 heterocycles. The Labute approximate surface area is 104 Å². The van der Waals surface area contributed by atoms with Gasteiger partial charge in [0.15, 0.2) is 6.29 Å². The number of nitrogens with zero attached hydrogens (tertiary/aromatic N) is 1. The minimum Gasteiger partial charge on any atom is -0.315 e. The molecule has 2 aromatic rings. The number of aromatic nitrogens is 1. The van der Waals surface area contributed by atoms with E-state index >= 15 is 0 Å². The molecule has 0 fully saturated rings. The quantitative estimate of drug-likeness (QED) is 0.746. The third kappa shape index (κ3) is 1.98. The standard InChI is InChI=1S/C13H11ClFNO/c1-8-5-10(7-17)9(2)16(8)13-6-11(14)3-4-12(13)15/h3-7H,1-2H3. The maximum Gasteiger partial charge on any atom is 0.151 e. The van der Waals surface area contributed by atoms with Crippen molar-refractivity contribution in [3.63, 3.8) is 0 Å². The van der Waals surface area contributed by atoms with Gasteiger partial charge in [-0.15, -0.1) is 0 Å². The number of hydrogen-bond donors (Lipinski definition) is 0. The normalized spacial score (nSPS) is 10.6. The lowest BCUT2D eigenvalue weighted by Gasteiger charge is -2.10. The van der Waals surface area contributed by atoms with Crippen LogP contribution in [-0.2, 0) is 0 Å². The van der Waals surface area contributed by atoms with Crippen LogP contribution in [-0.4, -0.2) is 10.9 Å². The van der Waals surface area contributed by atoms with E-state index in [1.54, 1.807) is 23.6 Å². The smallest absolute Gasteiger partial charge is 0.151 e. The van der Waals surface area contributed by atoms with Crippen molar-refractivity contribution >= 4 is 17.9 Å². The van der Waals surface area contributed by atoms with Crippen molar-refractivity contribution in [3.8, 4) is 5.69 Å². The molecular weight excluding hydrogens is 241 g/mol. The van der Waals surface area contributed by atoms with Crippen LogP contribution in [0, 0.1) is 19.7 Å². The second kappa shape index (κ2) is 4.34. The van der Waals surface area contributed by atoms with Crippen molar-refractivity contribution in [3.05, 3.63) is 52.1 Å². The highest BCUT2D eigenvalue weighted by Crippen LogP contribution is 2.24. The lowest BCUT2D eigenvalue weighted by Crippen LogP contribution is -2.02. The average molecular weight is 252 g/mol. The first-order valence-corrected chi connectivity index (χ1v) is 5.52. The molecular formula is C13H11ClFNO. The third-order valence-electron chi connectivity index (χ3n) is 2.75. The maximum absolute atomic E-state index is 13.8. The maximum atomic E-state index is 13.8. The van der Waals surface area contributed by atoms with Crippen LogP contribution in [0.25, 0.3) is 5.69 Å². The van der Waals surface area contributed by atoms with Crippen LogP contribution in [0.15, 0.2) is 24.3 Å². The molecule has 0 radical (unpaired) electrons. The van der Waals surface area contributed by atoms with Gasteiger partial charge in [-0.05, 0) is 38.1 Å². The minimum absolute atomic E-state index is 0.362. The zero-order chi connectivity index (χ0) is 12.6. The zero-order valence-corrected chi connectivity index (χ0v) is 10.3. The Morgan fingerprint density at radius 3 is 2.59 bits per heavy atom. The Morgan fingerprint density at radius 2 is 2.00 bits per heavy atom. The zero-order valence-electron chi connectivity index (χ0n) is 9.50. The summed E-state index contributed by atoms with van der Waals surface area (Å²) in [5.74, 6) is -0.367. The number of rotatable bonds is 2. The summed E-state index contributed by atoms with van der Waals surface area (Å²) in [6.07, 6.45) is 0.765. The number of aldehydes is 1. The minimum atomic E-state index is -0.367. The predicted molar refractivity (Wildman–Crippen MR) is 65.6 cm³/mol. The Morgan fingerprint density at radius 1 is 1.29 bits per heavy atom. The fraction of sp³-hybridized carbons (Fsp3) is 0.154. The molecule has 0 atom stereocenters. The Hall–Kier alpha value is -1.61. The first kappa shape index (κ1) is 11.9. The number of benzene rings is 1. The second-order valence-corrected chi connectivity index (χ2v) is 4.31. The molecule has 0 unspecified atom stereocenters. The van der Waals surface area contributed by atoms with Crippen LogP contribution in [0.3, 0.4) is 0 Å². The van der Waals surface area contributed by atoms with Gasteiger partial charge in [-0.2, -0.15) is 0 Å².